The van der Waals surface area contributed by atoms with Crippen LogP contribution in [-0.4, -0.2) is 5.60 Å². The molecule has 1 unspecified atom stereocenters. The van der Waals surface area contributed by atoms with Crippen LogP contribution < -0.4 is 10.5 Å². The zero-order chi connectivity index (χ0) is 12.5. The second-order valence-corrected chi connectivity index (χ2v) is 5.24. The summed E-state index contributed by atoms with van der Waals surface area (Å²) in [6.45, 7) is 6.50. The lowest BCUT2D eigenvalue weighted by Crippen LogP contribution is -2.42. The third-order valence-corrected chi connectivity index (χ3v) is 3.83. The van der Waals surface area contributed by atoms with Crippen molar-refractivity contribution in [3.05, 3.63) is 29.3 Å². The van der Waals surface area contributed by atoms with Crippen LogP contribution >= 0.6 is 0 Å². The first-order chi connectivity index (χ1) is 8.10. The summed E-state index contributed by atoms with van der Waals surface area (Å²) in [5.74, 6) is 0.990. The summed E-state index contributed by atoms with van der Waals surface area (Å²) in [5.41, 5.74) is 8.70. The van der Waals surface area contributed by atoms with Gasteiger partial charge in [-0.25, -0.2) is 0 Å². The van der Waals surface area contributed by atoms with E-state index in [2.05, 4.69) is 39.0 Å². The van der Waals surface area contributed by atoms with Crippen LogP contribution in [0.25, 0.3) is 0 Å². The van der Waals surface area contributed by atoms with Crippen LogP contribution in [-0.2, 0) is 0 Å². The molecule has 1 aliphatic rings. The molecule has 0 bridgehead atoms. The monoisotopic (exact) mass is 233 g/mol. The van der Waals surface area contributed by atoms with Crippen LogP contribution in [0.15, 0.2) is 18.2 Å². The first-order valence-electron chi connectivity index (χ1n) is 6.65. The van der Waals surface area contributed by atoms with Crippen molar-refractivity contribution in [2.75, 3.05) is 0 Å². The number of fused-ring (bicyclic) bond motifs is 1. The predicted molar refractivity (Wildman–Crippen MR) is 71.3 cm³/mol. The van der Waals surface area contributed by atoms with Crippen LogP contribution in [0.5, 0.6) is 5.75 Å². The standard InChI is InChI=1S/C15H23NO/c1-4-8-15(5-2)10-13(16)12-9-11(3)6-7-14(12)17-15/h6-7,9,13H,4-5,8,10,16H2,1-3H3/t13-,15?/m1/s1. The maximum absolute atomic E-state index is 6.32. The predicted octanol–water partition coefficient (Wildman–Crippen LogP) is 3.73. The van der Waals surface area contributed by atoms with Crippen molar-refractivity contribution in [3.63, 3.8) is 0 Å². The van der Waals surface area contributed by atoms with Crippen molar-refractivity contribution in [2.24, 2.45) is 5.73 Å². The quantitative estimate of drug-likeness (QED) is 0.863. The highest BCUT2D eigenvalue weighted by Crippen LogP contribution is 2.42. The molecule has 1 heterocycles. The number of hydrogen-bond donors (Lipinski definition) is 1. The molecule has 1 aliphatic heterocycles. The minimum atomic E-state index is -0.0452. The van der Waals surface area contributed by atoms with Gasteiger partial charge in [0.1, 0.15) is 11.4 Å². The first kappa shape index (κ1) is 12.4. The van der Waals surface area contributed by atoms with Gasteiger partial charge in [-0.1, -0.05) is 38.0 Å². The van der Waals surface area contributed by atoms with Gasteiger partial charge in [0.15, 0.2) is 0 Å². The molecule has 1 aromatic rings. The number of hydrogen-bond acceptors (Lipinski definition) is 2. The summed E-state index contributed by atoms with van der Waals surface area (Å²) in [6, 6.07) is 6.45. The molecule has 0 amide bonds. The van der Waals surface area contributed by atoms with Gasteiger partial charge >= 0.3 is 0 Å². The van der Waals surface area contributed by atoms with Crippen molar-refractivity contribution in [2.45, 2.75) is 58.1 Å². The molecule has 2 rings (SSSR count). The minimum absolute atomic E-state index is 0.0452. The summed E-state index contributed by atoms with van der Waals surface area (Å²) in [7, 11) is 0. The Balaban J connectivity index is 2.35. The van der Waals surface area contributed by atoms with E-state index >= 15 is 0 Å². The second-order valence-electron chi connectivity index (χ2n) is 5.24. The van der Waals surface area contributed by atoms with Gasteiger partial charge in [-0.3, -0.25) is 0 Å². The van der Waals surface area contributed by atoms with Gasteiger partial charge in [-0.2, -0.15) is 0 Å². The average molecular weight is 233 g/mol. The number of nitrogens with two attached hydrogens (primary N) is 1. The largest absolute Gasteiger partial charge is 0.487 e. The molecular weight excluding hydrogens is 210 g/mol. The zero-order valence-electron chi connectivity index (χ0n) is 11.1. The van der Waals surface area contributed by atoms with Crippen LogP contribution in [0.3, 0.4) is 0 Å². The van der Waals surface area contributed by atoms with E-state index in [1.54, 1.807) is 0 Å². The molecule has 0 saturated heterocycles. The summed E-state index contributed by atoms with van der Waals surface area (Å²) < 4.78 is 6.25. The van der Waals surface area contributed by atoms with E-state index in [1.165, 1.54) is 11.1 Å². The lowest BCUT2D eigenvalue weighted by atomic mass is 9.82. The Hall–Kier alpha value is -1.02. The smallest absolute Gasteiger partial charge is 0.124 e. The Morgan fingerprint density at radius 1 is 1.41 bits per heavy atom. The molecule has 2 N–H and O–H groups in total. The molecule has 2 atom stereocenters. The van der Waals surface area contributed by atoms with Gasteiger partial charge in [-0.05, 0) is 25.8 Å². The van der Waals surface area contributed by atoms with E-state index < -0.39 is 0 Å². The number of aryl methyl sites for hydroxylation is 1. The molecule has 0 fully saturated rings. The number of ether oxygens (including phenoxy) is 1. The third-order valence-electron chi connectivity index (χ3n) is 3.83. The molecular formula is C15H23NO. The summed E-state index contributed by atoms with van der Waals surface area (Å²) >= 11 is 0. The topological polar surface area (TPSA) is 35.2 Å². The maximum Gasteiger partial charge on any atom is 0.124 e. The fourth-order valence-electron chi connectivity index (χ4n) is 2.84. The minimum Gasteiger partial charge on any atom is -0.487 e. The Morgan fingerprint density at radius 2 is 2.18 bits per heavy atom. The van der Waals surface area contributed by atoms with Crippen LogP contribution in [0.4, 0.5) is 0 Å². The molecule has 0 spiro atoms. The molecule has 0 saturated carbocycles. The van der Waals surface area contributed by atoms with Gasteiger partial charge in [-0.15, -0.1) is 0 Å². The van der Waals surface area contributed by atoms with Crippen molar-refractivity contribution in [1.82, 2.24) is 0 Å². The maximum atomic E-state index is 6.32. The van der Waals surface area contributed by atoms with Gasteiger partial charge in [0.05, 0.1) is 0 Å². The van der Waals surface area contributed by atoms with Crippen LogP contribution in [0.1, 0.15) is 56.7 Å². The first-order valence-corrected chi connectivity index (χ1v) is 6.65. The van der Waals surface area contributed by atoms with E-state index in [9.17, 15) is 0 Å². The second kappa shape index (κ2) is 4.69. The molecule has 17 heavy (non-hydrogen) atoms. The fraction of sp³-hybridized carbons (Fsp3) is 0.600. The lowest BCUT2D eigenvalue weighted by molar-refractivity contribution is 0.0230. The van der Waals surface area contributed by atoms with Gasteiger partial charge in [0.2, 0.25) is 0 Å². The Bertz CT molecular complexity index is 402. The van der Waals surface area contributed by atoms with E-state index in [-0.39, 0.29) is 11.6 Å². The van der Waals surface area contributed by atoms with E-state index in [0.717, 1.165) is 31.4 Å². The summed E-state index contributed by atoms with van der Waals surface area (Å²) in [6.07, 6.45) is 4.20. The normalized spacial score (nSPS) is 27.4. The van der Waals surface area contributed by atoms with Crippen molar-refractivity contribution in [1.29, 1.82) is 0 Å². The zero-order valence-corrected chi connectivity index (χ0v) is 11.1. The summed E-state index contributed by atoms with van der Waals surface area (Å²) in [4.78, 5) is 0. The van der Waals surface area contributed by atoms with Gasteiger partial charge in [0, 0.05) is 18.0 Å². The lowest BCUT2D eigenvalue weighted by Gasteiger charge is -2.41. The number of benzene rings is 1. The van der Waals surface area contributed by atoms with Gasteiger partial charge < -0.3 is 10.5 Å². The van der Waals surface area contributed by atoms with Crippen LogP contribution in [0.2, 0.25) is 0 Å². The van der Waals surface area contributed by atoms with Gasteiger partial charge in [0.25, 0.3) is 0 Å². The highest BCUT2D eigenvalue weighted by atomic mass is 16.5. The molecule has 94 valence electrons. The van der Waals surface area contributed by atoms with E-state index in [0.29, 0.717) is 0 Å². The Labute approximate surface area is 104 Å². The summed E-state index contributed by atoms with van der Waals surface area (Å²) in [5, 5.41) is 0. The highest BCUT2D eigenvalue weighted by molar-refractivity contribution is 5.41. The molecule has 2 nitrogen and oxygen atoms in total. The SMILES string of the molecule is CCCC1(CC)C[C@@H](N)c2cc(C)ccc2O1. The fourth-order valence-corrected chi connectivity index (χ4v) is 2.84. The molecule has 0 radical (unpaired) electrons. The molecule has 0 aliphatic carbocycles. The van der Waals surface area contributed by atoms with E-state index in [4.69, 9.17) is 10.5 Å². The Kier molecular flexibility index (Phi) is 3.43. The molecule has 0 aromatic heterocycles. The highest BCUT2D eigenvalue weighted by Gasteiger charge is 2.37. The molecule has 1 aromatic carbocycles. The van der Waals surface area contributed by atoms with Crippen molar-refractivity contribution >= 4 is 0 Å². The molecule has 2 heteroatoms. The third kappa shape index (κ3) is 2.32. The van der Waals surface area contributed by atoms with Crippen molar-refractivity contribution in [3.8, 4) is 5.75 Å². The Morgan fingerprint density at radius 3 is 2.82 bits per heavy atom. The van der Waals surface area contributed by atoms with Crippen molar-refractivity contribution < 1.29 is 4.74 Å². The average Bonchev–Trinajstić information content (AvgIpc) is 2.31. The number of rotatable bonds is 3. The van der Waals surface area contributed by atoms with E-state index in [1.807, 2.05) is 0 Å². The van der Waals surface area contributed by atoms with Crippen LogP contribution in [0, 0.1) is 6.92 Å².